The van der Waals surface area contributed by atoms with Crippen LogP contribution in [0.5, 0.6) is 0 Å². The van der Waals surface area contributed by atoms with Gasteiger partial charge in [0.15, 0.2) is 0 Å². The first-order valence-corrected chi connectivity index (χ1v) is 9.21. The molecule has 0 spiro atoms. The van der Waals surface area contributed by atoms with E-state index in [0.717, 1.165) is 18.8 Å². The normalized spacial score (nSPS) is 15.2. The van der Waals surface area contributed by atoms with Gasteiger partial charge in [0.1, 0.15) is 0 Å². The highest BCUT2D eigenvalue weighted by Crippen LogP contribution is 2.20. The van der Waals surface area contributed by atoms with Gasteiger partial charge in [0, 0.05) is 55.9 Å². The summed E-state index contributed by atoms with van der Waals surface area (Å²) in [6, 6.07) is 7.84. The van der Waals surface area contributed by atoms with Gasteiger partial charge in [0.25, 0.3) is 5.91 Å². The fourth-order valence-corrected chi connectivity index (χ4v) is 3.17. The zero-order valence-corrected chi connectivity index (χ0v) is 16.2. The van der Waals surface area contributed by atoms with Crippen molar-refractivity contribution in [2.24, 2.45) is 5.41 Å². The number of carbonyl (C=O) groups is 2. The summed E-state index contributed by atoms with van der Waals surface area (Å²) in [5.41, 5.74) is 1.49. The minimum absolute atomic E-state index is 0.0500. The number of hydrogen-bond donors (Lipinski definition) is 0. The summed E-state index contributed by atoms with van der Waals surface area (Å²) >= 11 is 0. The average Bonchev–Trinajstić information content (AvgIpc) is 2.61. The lowest BCUT2D eigenvalue weighted by Gasteiger charge is -2.37. The summed E-state index contributed by atoms with van der Waals surface area (Å²) in [7, 11) is 0. The molecule has 25 heavy (non-hydrogen) atoms. The lowest BCUT2D eigenvalue weighted by atomic mass is 9.94. The van der Waals surface area contributed by atoms with E-state index in [-0.39, 0.29) is 17.2 Å². The molecule has 0 bridgehead atoms. The van der Waals surface area contributed by atoms with Crippen LogP contribution in [0.25, 0.3) is 0 Å². The summed E-state index contributed by atoms with van der Waals surface area (Å²) in [5, 5.41) is 0. The zero-order chi connectivity index (χ0) is 18.6. The highest BCUT2D eigenvalue weighted by molar-refractivity contribution is 5.94. The first-order chi connectivity index (χ1) is 11.8. The van der Waals surface area contributed by atoms with Gasteiger partial charge in [-0.1, -0.05) is 20.8 Å². The first-order valence-electron chi connectivity index (χ1n) is 9.21. The van der Waals surface area contributed by atoms with Crippen molar-refractivity contribution in [2.75, 3.05) is 44.2 Å². The second-order valence-corrected chi connectivity index (χ2v) is 7.55. The summed E-state index contributed by atoms with van der Waals surface area (Å²) in [6.07, 6.45) is 0. The highest BCUT2D eigenvalue weighted by atomic mass is 16.2. The molecule has 2 rings (SSSR count). The van der Waals surface area contributed by atoms with E-state index in [0.29, 0.717) is 31.7 Å². The zero-order valence-electron chi connectivity index (χ0n) is 16.2. The molecule has 0 atom stereocenters. The van der Waals surface area contributed by atoms with E-state index in [2.05, 4.69) is 18.7 Å². The van der Waals surface area contributed by atoms with Gasteiger partial charge in [0.2, 0.25) is 5.91 Å². The predicted molar refractivity (Wildman–Crippen MR) is 102 cm³/mol. The molecule has 138 valence electrons. The lowest BCUT2D eigenvalue weighted by Crippen LogP contribution is -2.53. The Hall–Kier alpha value is -2.04. The third-order valence-corrected chi connectivity index (χ3v) is 4.74. The van der Waals surface area contributed by atoms with E-state index in [4.69, 9.17) is 0 Å². The van der Waals surface area contributed by atoms with Crippen LogP contribution >= 0.6 is 0 Å². The minimum atomic E-state index is -0.369. The molecule has 1 aromatic carbocycles. The lowest BCUT2D eigenvalue weighted by molar-refractivity contribution is -0.140. The highest BCUT2D eigenvalue weighted by Gasteiger charge is 2.31. The molecule has 0 radical (unpaired) electrons. The summed E-state index contributed by atoms with van der Waals surface area (Å²) < 4.78 is 0. The molecule has 1 aliphatic rings. The van der Waals surface area contributed by atoms with E-state index >= 15 is 0 Å². The Kier molecular flexibility index (Phi) is 6.09. The van der Waals surface area contributed by atoms with Gasteiger partial charge in [-0.15, -0.1) is 0 Å². The van der Waals surface area contributed by atoms with Crippen molar-refractivity contribution in [2.45, 2.75) is 34.6 Å². The molecular formula is C20H31N3O2. The van der Waals surface area contributed by atoms with Gasteiger partial charge in [-0.25, -0.2) is 0 Å². The fourth-order valence-electron chi connectivity index (χ4n) is 3.17. The maximum Gasteiger partial charge on any atom is 0.253 e. The van der Waals surface area contributed by atoms with E-state index in [9.17, 15) is 9.59 Å². The van der Waals surface area contributed by atoms with E-state index in [1.807, 2.05) is 54.8 Å². The van der Waals surface area contributed by atoms with E-state index in [1.54, 1.807) is 0 Å². The van der Waals surface area contributed by atoms with Crippen LogP contribution in [-0.4, -0.2) is 60.9 Å². The smallest absolute Gasteiger partial charge is 0.253 e. The van der Waals surface area contributed by atoms with Crippen molar-refractivity contribution < 1.29 is 9.59 Å². The van der Waals surface area contributed by atoms with Crippen LogP contribution < -0.4 is 4.90 Å². The number of amides is 2. The number of rotatable bonds is 4. The Morgan fingerprint density at radius 3 is 1.84 bits per heavy atom. The van der Waals surface area contributed by atoms with Gasteiger partial charge >= 0.3 is 0 Å². The van der Waals surface area contributed by atoms with Crippen molar-refractivity contribution in [3.8, 4) is 0 Å². The maximum atomic E-state index is 12.7. The second-order valence-electron chi connectivity index (χ2n) is 7.55. The van der Waals surface area contributed by atoms with Gasteiger partial charge in [-0.2, -0.15) is 0 Å². The Morgan fingerprint density at radius 2 is 1.40 bits per heavy atom. The topological polar surface area (TPSA) is 43.9 Å². The maximum absolute atomic E-state index is 12.7. The molecule has 1 heterocycles. The Balaban J connectivity index is 1.97. The largest absolute Gasteiger partial charge is 0.372 e. The molecule has 5 heteroatoms. The molecule has 1 fully saturated rings. The average molecular weight is 345 g/mol. The molecule has 0 aliphatic carbocycles. The van der Waals surface area contributed by atoms with Gasteiger partial charge < -0.3 is 14.7 Å². The van der Waals surface area contributed by atoms with E-state index in [1.165, 1.54) is 0 Å². The molecule has 1 saturated heterocycles. The van der Waals surface area contributed by atoms with Crippen LogP contribution in [0.15, 0.2) is 24.3 Å². The van der Waals surface area contributed by atoms with Crippen LogP contribution in [0.4, 0.5) is 5.69 Å². The molecule has 1 aliphatic heterocycles. The van der Waals surface area contributed by atoms with Crippen LogP contribution in [-0.2, 0) is 4.79 Å². The molecule has 5 nitrogen and oxygen atoms in total. The third-order valence-electron chi connectivity index (χ3n) is 4.74. The molecule has 0 saturated carbocycles. The summed E-state index contributed by atoms with van der Waals surface area (Å²) in [5.74, 6) is 0.206. The molecular weight excluding hydrogens is 314 g/mol. The number of hydrogen-bond acceptors (Lipinski definition) is 3. The number of nitrogens with zero attached hydrogens (tertiary/aromatic N) is 3. The standard InChI is InChI=1S/C20H31N3O2/c1-6-21(7-2)17-10-8-16(9-11-17)18(24)22-12-14-23(15-13-22)19(25)20(3,4)5/h8-11H,6-7,12-15H2,1-5H3. The SMILES string of the molecule is CCN(CC)c1ccc(C(=O)N2CCN(C(=O)C(C)(C)C)CC2)cc1. The number of anilines is 1. The monoisotopic (exact) mass is 345 g/mol. The van der Waals surface area contributed by atoms with Gasteiger partial charge in [-0.3, -0.25) is 9.59 Å². The molecule has 0 unspecified atom stereocenters. The molecule has 2 amide bonds. The van der Waals surface area contributed by atoms with Gasteiger partial charge in [0.05, 0.1) is 0 Å². The van der Waals surface area contributed by atoms with Crippen LogP contribution in [0.2, 0.25) is 0 Å². The number of carbonyl (C=O) groups excluding carboxylic acids is 2. The van der Waals surface area contributed by atoms with Crippen LogP contribution in [0.3, 0.4) is 0 Å². The number of piperazine rings is 1. The summed E-state index contributed by atoms with van der Waals surface area (Å²) in [4.78, 5) is 31.0. The third kappa shape index (κ3) is 4.53. The van der Waals surface area contributed by atoms with Gasteiger partial charge in [-0.05, 0) is 38.1 Å². The predicted octanol–water partition coefficient (Wildman–Crippen LogP) is 2.86. The van der Waals surface area contributed by atoms with Crippen molar-refractivity contribution in [1.29, 1.82) is 0 Å². The first kappa shape index (κ1) is 19.3. The minimum Gasteiger partial charge on any atom is -0.372 e. The van der Waals surface area contributed by atoms with Crippen molar-refractivity contribution in [1.82, 2.24) is 9.80 Å². The Morgan fingerprint density at radius 1 is 0.920 bits per heavy atom. The molecule has 1 aromatic rings. The Bertz CT molecular complexity index is 592. The number of benzene rings is 1. The fraction of sp³-hybridized carbons (Fsp3) is 0.600. The van der Waals surface area contributed by atoms with Crippen LogP contribution in [0, 0.1) is 5.41 Å². The Labute approximate surface area is 151 Å². The van der Waals surface area contributed by atoms with Crippen molar-refractivity contribution >= 4 is 17.5 Å². The van der Waals surface area contributed by atoms with E-state index < -0.39 is 0 Å². The molecule has 0 N–H and O–H groups in total. The quantitative estimate of drug-likeness (QED) is 0.843. The van der Waals surface area contributed by atoms with Crippen molar-refractivity contribution in [3.63, 3.8) is 0 Å². The van der Waals surface area contributed by atoms with Crippen LogP contribution in [0.1, 0.15) is 45.0 Å². The second kappa shape index (κ2) is 7.89. The molecule has 0 aromatic heterocycles. The van der Waals surface area contributed by atoms with Crippen molar-refractivity contribution in [3.05, 3.63) is 29.8 Å². The summed E-state index contributed by atoms with van der Waals surface area (Å²) in [6.45, 7) is 14.4.